The van der Waals surface area contributed by atoms with Crippen LogP contribution in [0.4, 0.5) is 11.5 Å². The molecular weight excluding hydrogens is 190 g/mol. The van der Waals surface area contributed by atoms with Crippen molar-refractivity contribution in [1.29, 1.82) is 0 Å². The molecule has 82 valence electrons. The third-order valence-electron chi connectivity index (χ3n) is 2.03. The first-order valence-electron chi connectivity index (χ1n) is 5.15. The van der Waals surface area contributed by atoms with Gasteiger partial charge in [0.2, 0.25) is 5.91 Å². The highest BCUT2D eigenvalue weighted by molar-refractivity contribution is 6.00. The smallest absolute Gasteiger partial charge is 0.244 e. The van der Waals surface area contributed by atoms with Gasteiger partial charge in [-0.3, -0.25) is 4.79 Å². The van der Waals surface area contributed by atoms with Crippen molar-refractivity contribution in [3.63, 3.8) is 0 Å². The minimum Gasteiger partial charge on any atom is -0.349 e. The first-order valence-corrected chi connectivity index (χ1v) is 5.15. The van der Waals surface area contributed by atoms with Gasteiger partial charge in [0, 0.05) is 12.7 Å². The lowest BCUT2D eigenvalue weighted by Gasteiger charge is -2.25. The Hall–Kier alpha value is -1.58. The van der Waals surface area contributed by atoms with Crippen molar-refractivity contribution >= 4 is 17.4 Å². The Morgan fingerprint density at radius 3 is 2.73 bits per heavy atom. The second-order valence-electron chi connectivity index (χ2n) is 3.23. The molecular formula is C11H17N3O. The van der Waals surface area contributed by atoms with Crippen LogP contribution in [0.1, 0.15) is 19.5 Å². The SMILES string of the molecule is CC.Cc1ccc2c(n1)N(C)CC(=O)N2. The third-order valence-corrected chi connectivity index (χ3v) is 2.03. The van der Waals surface area contributed by atoms with Crippen LogP contribution in [0.2, 0.25) is 0 Å². The average molecular weight is 207 g/mol. The van der Waals surface area contributed by atoms with Gasteiger partial charge < -0.3 is 10.2 Å². The van der Waals surface area contributed by atoms with Crippen molar-refractivity contribution < 1.29 is 4.79 Å². The Kier molecular flexibility index (Phi) is 3.66. The van der Waals surface area contributed by atoms with Crippen molar-refractivity contribution in [3.05, 3.63) is 17.8 Å². The molecule has 0 spiro atoms. The van der Waals surface area contributed by atoms with E-state index in [1.54, 1.807) is 0 Å². The lowest BCUT2D eigenvalue weighted by molar-refractivity contribution is -0.115. The summed E-state index contributed by atoms with van der Waals surface area (Å²) in [6.07, 6.45) is 0. The molecule has 0 radical (unpaired) electrons. The largest absolute Gasteiger partial charge is 0.349 e. The number of carbonyl (C=O) groups is 1. The molecule has 0 saturated carbocycles. The Balaban J connectivity index is 0.000000531. The van der Waals surface area contributed by atoms with Gasteiger partial charge in [0.05, 0.1) is 12.2 Å². The summed E-state index contributed by atoms with van der Waals surface area (Å²) in [4.78, 5) is 17.3. The summed E-state index contributed by atoms with van der Waals surface area (Å²) >= 11 is 0. The number of rotatable bonds is 0. The van der Waals surface area contributed by atoms with Crippen LogP contribution in [-0.2, 0) is 4.79 Å². The fourth-order valence-corrected chi connectivity index (χ4v) is 1.41. The maximum absolute atomic E-state index is 11.1. The van der Waals surface area contributed by atoms with Crippen LogP contribution < -0.4 is 10.2 Å². The zero-order valence-corrected chi connectivity index (χ0v) is 9.66. The van der Waals surface area contributed by atoms with Crippen LogP contribution in [0.5, 0.6) is 0 Å². The predicted octanol–water partition coefficient (Wildman–Crippen LogP) is 1.80. The monoisotopic (exact) mass is 207 g/mol. The Morgan fingerprint density at radius 1 is 1.40 bits per heavy atom. The highest BCUT2D eigenvalue weighted by atomic mass is 16.2. The summed E-state index contributed by atoms with van der Waals surface area (Å²) < 4.78 is 0. The molecule has 1 aliphatic rings. The van der Waals surface area contributed by atoms with Gasteiger partial charge in [-0.25, -0.2) is 4.98 Å². The van der Waals surface area contributed by atoms with Crippen LogP contribution in [0.25, 0.3) is 0 Å². The molecule has 1 aromatic heterocycles. The van der Waals surface area contributed by atoms with E-state index in [9.17, 15) is 4.79 Å². The van der Waals surface area contributed by atoms with E-state index in [-0.39, 0.29) is 5.91 Å². The molecule has 1 amide bonds. The highest BCUT2D eigenvalue weighted by Crippen LogP contribution is 2.25. The number of hydrogen-bond donors (Lipinski definition) is 1. The number of carbonyl (C=O) groups excluding carboxylic acids is 1. The number of nitrogens with one attached hydrogen (secondary N) is 1. The zero-order chi connectivity index (χ0) is 11.4. The van der Waals surface area contributed by atoms with E-state index in [0.717, 1.165) is 17.2 Å². The number of nitrogens with zero attached hydrogens (tertiary/aromatic N) is 2. The van der Waals surface area contributed by atoms with Crippen LogP contribution in [0.3, 0.4) is 0 Å². The molecule has 1 aliphatic heterocycles. The van der Waals surface area contributed by atoms with E-state index in [1.165, 1.54) is 0 Å². The molecule has 1 aromatic rings. The van der Waals surface area contributed by atoms with Crippen molar-refractivity contribution in [1.82, 2.24) is 4.98 Å². The molecule has 0 saturated heterocycles. The van der Waals surface area contributed by atoms with E-state index in [2.05, 4.69) is 10.3 Å². The molecule has 0 aliphatic carbocycles. The van der Waals surface area contributed by atoms with Crippen LogP contribution in [0, 0.1) is 6.92 Å². The van der Waals surface area contributed by atoms with Gasteiger partial charge in [0.15, 0.2) is 5.82 Å². The normalized spacial score (nSPS) is 13.6. The number of amides is 1. The second kappa shape index (κ2) is 4.77. The summed E-state index contributed by atoms with van der Waals surface area (Å²) in [5.74, 6) is 0.861. The molecule has 15 heavy (non-hydrogen) atoms. The minimum atomic E-state index is 0.0145. The molecule has 1 N–H and O–H groups in total. The number of anilines is 2. The summed E-state index contributed by atoms with van der Waals surface area (Å²) in [6.45, 7) is 6.31. The fraction of sp³-hybridized carbons (Fsp3) is 0.455. The van der Waals surface area contributed by atoms with Gasteiger partial charge >= 0.3 is 0 Å². The standard InChI is InChI=1S/C9H11N3O.C2H6/c1-6-3-4-7-9(10-6)12(2)5-8(13)11-7;1-2/h3-4H,5H2,1-2H3,(H,11,13);1-2H3. The van der Waals surface area contributed by atoms with E-state index in [0.29, 0.717) is 6.54 Å². The summed E-state index contributed by atoms with van der Waals surface area (Å²) in [5, 5.41) is 2.77. The van der Waals surface area contributed by atoms with Gasteiger partial charge in [-0.1, -0.05) is 13.8 Å². The fourth-order valence-electron chi connectivity index (χ4n) is 1.41. The Labute approximate surface area is 90.3 Å². The number of hydrogen-bond acceptors (Lipinski definition) is 3. The second-order valence-corrected chi connectivity index (χ2v) is 3.23. The van der Waals surface area contributed by atoms with Gasteiger partial charge in [0.1, 0.15) is 0 Å². The van der Waals surface area contributed by atoms with Crippen molar-refractivity contribution in [2.24, 2.45) is 0 Å². The molecule has 0 bridgehead atoms. The minimum absolute atomic E-state index is 0.0145. The number of fused-ring (bicyclic) bond motifs is 1. The number of aromatic nitrogens is 1. The van der Waals surface area contributed by atoms with Crippen molar-refractivity contribution in [2.45, 2.75) is 20.8 Å². The van der Waals surface area contributed by atoms with Crippen LogP contribution in [0.15, 0.2) is 12.1 Å². The predicted molar refractivity (Wildman–Crippen MR) is 62.2 cm³/mol. The van der Waals surface area contributed by atoms with E-state index >= 15 is 0 Å². The van der Waals surface area contributed by atoms with E-state index in [1.807, 2.05) is 44.9 Å². The molecule has 2 rings (SSSR count). The quantitative estimate of drug-likeness (QED) is 0.705. The number of aryl methyl sites for hydroxylation is 1. The molecule has 2 heterocycles. The van der Waals surface area contributed by atoms with Gasteiger partial charge in [-0.2, -0.15) is 0 Å². The lowest BCUT2D eigenvalue weighted by atomic mass is 10.2. The topological polar surface area (TPSA) is 45.2 Å². The van der Waals surface area contributed by atoms with Gasteiger partial charge in [0.25, 0.3) is 0 Å². The lowest BCUT2D eigenvalue weighted by Crippen LogP contribution is -2.36. The Bertz CT molecular complexity index is 363. The molecule has 0 atom stereocenters. The van der Waals surface area contributed by atoms with Crippen LogP contribution >= 0.6 is 0 Å². The maximum atomic E-state index is 11.1. The summed E-state index contributed by atoms with van der Waals surface area (Å²) in [6, 6.07) is 3.77. The zero-order valence-electron chi connectivity index (χ0n) is 9.66. The number of likely N-dealkylation sites (N-methyl/N-ethyl adjacent to an activating group) is 1. The van der Waals surface area contributed by atoms with Crippen LogP contribution in [-0.4, -0.2) is 24.5 Å². The molecule has 4 heteroatoms. The summed E-state index contributed by atoms with van der Waals surface area (Å²) in [5.41, 5.74) is 1.76. The van der Waals surface area contributed by atoms with E-state index in [4.69, 9.17) is 0 Å². The average Bonchev–Trinajstić information content (AvgIpc) is 2.22. The third kappa shape index (κ3) is 2.46. The molecule has 4 nitrogen and oxygen atoms in total. The van der Waals surface area contributed by atoms with Crippen molar-refractivity contribution in [2.75, 3.05) is 23.8 Å². The number of pyridine rings is 1. The molecule has 0 aromatic carbocycles. The summed E-state index contributed by atoms with van der Waals surface area (Å²) in [7, 11) is 1.87. The first-order chi connectivity index (χ1) is 7.16. The Morgan fingerprint density at radius 2 is 2.07 bits per heavy atom. The van der Waals surface area contributed by atoms with E-state index < -0.39 is 0 Å². The van der Waals surface area contributed by atoms with Crippen molar-refractivity contribution in [3.8, 4) is 0 Å². The maximum Gasteiger partial charge on any atom is 0.244 e. The molecule has 0 fully saturated rings. The van der Waals surface area contributed by atoms with Gasteiger partial charge in [-0.15, -0.1) is 0 Å². The van der Waals surface area contributed by atoms with Gasteiger partial charge in [-0.05, 0) is 19.1 Å². The molecule has 0 unspecified atom stereocenters. The highest BCUT2D eigenvalue weighted by Gasteiger charge is 2.19. The first kappa shape index (κ1) is 11.5.